The Bertz CT molecular complexity index is 978. The van der Waals surface area contributed by atoms with Gasteiger partial charge in [0.25, 0.3) is 5.91 Å². The van der Waals surface area contributed by atoms with Gasteiger partial charge in [0.05, 0.1) is 0 Å². The molecule has 1 fully saturated rings. The molecule has 1 aliphatic rings. The smallest absolute Gasteiger partial charge is 0.406 e. The van der Waals surface area contributed by atoms with Gasteiger partial charge in [-0.3, -0.25) is 4.79 Å². The zero-order valence-electron chi connectivity index (χ0n) is 14.4. The lowest BCUT2D eigenvalue weighted by molar-refractivity contribution is -0.274. The van der Waals surface area contributed by atoms with Crippen LogP contribution >= 0.6 is 0 Å². The molecule has 0 atom stereocenters. The summed E-state index contributed by atoms with van der Waals surface area (Å²) in [5, 5.41) is 6.55. The van der Waals surface area contributed by atoms with E-state index < -0.39 is 12.3 Å². The van der Waals surface area contributed by atoms with Crippen molar-refractivity contribution in [1.82, 2.24) is 10.1 Å². The molecule has 144 valence electrons. The summed E-state index contributed by atoms with van der Waals surface area (Å²) < 4.78 is 45.5. The molecule has 0 bridgehead atoms. The van der Waals surface area contributed by atoms with Crippen molar-refractivity contribution in [3.05, 3.63) is 60.0 Å². The van der Waals surface area contributed by atoms with Crippen molar-refractivity contribution < 1.29 is 27.2 Å². The Labute approximate surface area is 157 Å². The Morgan fingerprint density at radius 2 is 1.75 bits per heavy atom. The monoisotopic (exact) mass is 389 g/mol. The van der Waals surface area contributed by atoms with Crippen molar-refractivity contribution in [3.63, 3.8) is 0 Å². The number of halogens is 3. The standard InChI is InChI=1S/C19H14F3N3O3/c20-19(21,22)27-15-9-7-14(8-10-15)23-17(26)12-3-1-11(2-4-12)16-24-18(28-25-16)13-5-6-13/h1-4,7-10,13H,5-6H2,(H,23,26). The van der Waals surface area contributed by atoms with E-state index in [4.69, 9.17) is 4.52 Å². The molecule has 1 saturated carbocycles. The van der Waals surface area contributed by atoms with Crippen LogP contribution in [0.3, 0.4) is 0 Å². The van der Waals surface area contributed by atoms with Gasteiger partial charge in [-0.25, -0.2) is 0 Å². The highest BCUT2D eigenvalue weighted by atomic mass is 19.4. The Morgan fingerprint density at radius 1 is 1.07 bits per heavy atom. The van der Waals surface area contributed by atoms with Gasteiger partial charge in [0.15, 0.2) is 0 Å². The molecule has 1 N–H and O–H groups in total. The Hall–Kier alpha value is -3.36. The summed E-state index contributed by atoms with van der Waals surface area (Å²) in [6.45, 7) is 0. The van der Waals surface area contributed by atoms with E-state index in [1.165, 1.54) is 12.1 Å². The van der Waals surface area contributed by atoms with Crippen LogP contribution in [0.2, 0.25) is 0 Å². The minimum absolute atomic E-state index is 0.343. The first-order valence-electron chi connectivity index (χ1n) is 8.48. The first-order valence-corrected chi connectivity index (χ1v) is 8.48. The molecule has 0 radical (unpaired) electrons. The summed E-state index contributed by atoms with van der Waals surface area (Å²) in [7, 11) is 0. The maximum atomic E-state index is 12.3. The van der Waals surface area contributed by atoms with Crippen LogP contribution < -0.4 is 10.1 Å². The summed E-state index contributed by atoms with van der Waals surface area (Å²) in [6, 6.07) is 11.5. The number of carbonyl (C=O) groups is 1. The largest absolute Gasteiger partial charge is 0.573 e. The van der Waals surface area contributed by atoms with Crippen molar-refractivity contribution in [1.29, 1.82) is 0 Å². The molecule has 6 nitrogen and oxygen atoms in total. The summed E-state index contributed by atoms with van der Waals surface area (Å²) >= 11 is 0. The van der Waals surface area contributed by atoms with Gasteiger partial charge in [0, 0.05) is 22.7 Å². The normalized spacial score (nSPS) is 14.0. The number of hydrogen-bond acceptors (Lipinski definition) is 5. The summed E-state index contributed by atoms with van der Waals surface area (Å²) in [4.78, 5) is 16.7. The van der Waals surface area contributed by atoms with Gasteiger partial charge >= 0.3 is 6.36 Å². The SMILES string of the molecule is O=C(Nc1ccc(OC(F)(F)F)cc1)c1ccc(-c2noc(C3CC3)n2)cc1. The van der Waals surface area contributed by atoms with Gasteiger partial charge in [0.2, 0.25) is 11.7 Å². The highest BCUT2D eigenvalue weighted by Crippen LogP contribution is 2.39. The van der Waals surface area contributed by atoms with Crippen molar-refractivity contribution in [2.24, 2.45) is 0 Å². The number of alkyl halides is 3. The fourth-order valence-corrected chi connectivity index (χ4v) is 2.56. The van der Waals surface area contributed by atoms with E-state index in [1.54, 1.807) is 24.3 Å². The zero-order valence-corrected chi connectivity index (χ0v) is 14.4. The molecule has 1 amide bonds. The van der Waals surface area contributed by atoms with Crippen molar-refractivity contribution >= 4 is 11.6 Å². The van der Waals surface area contributed by atoms with E-state index in [9.17, 15) is 18.0 Å². The quantitative estimate of drug-likeness (QED) is 0.681. The predicted octanol–water partition coefficient (Wildman–Crippen LogP) is 4.76. The highest BCUT2D eigenvalue weighted by Gasteiger charge is 2.31. The van der Waals surface area contributed by atoms with Crippen LogP contribution in [-0.2, 0) is 0 Å². The third-order valence-corrected chi connectivity index (χ3v) is 4.12. The lowest BCUT2D eigenvalue weighted by atomic mass is 10.1. The molecule has 0 aliphatic heterocycles. The number of anilines is 1. The van der Waals surface area contributed by atoms with Crippen LogP contribution in [0, 0.1) is 0 Å². The minimum Gasteiger partial charge on any atom is -0.406 e. The van der Waals surface area contributed by atoms with Crippen molar-refractivity contribution in [2.75, 3.05) is 5.32 Å². The maximum absolute atomic E-state index is 12.3. The molecule has 1 aliphatic carbocycles. The fourth-order valence-electron chi connectivity index (χ4n) is 2.56. The number of benzene rings is 2. The number of carbonyl (C=O) groups excluding carboxylic acids is 1. The maximum Gasteiger partial charge on any atom is 0.573 e. The predicted molar refractivity (Wildman–Crippen MR) is 92.8 cm³/mol. The molecule has 3 aromatic rings. The summed E-state index contributed by atoms with van der Waals surface area (Å²) in [5.41, 5.74) is 1.45. The molecule has 9 heteroatoms. The van der Waals surface area contributed by atoms with Crippen LogP contribution in [0.4, 0.5) is 18.9 Å². The van der Waals surface area contributed by atoms with E-state index >= 15 is 0 Å². The molecule has 0 saturated heterocycles. The van der Waals surface area contributed by atoms with E-state index in [0.29, 0.717) is 28.9 Å². The molecule has 2 aromatic carbocycles. The van der Waals surface area contributed by atoms with Crippen LogP contribution in [-0.4, -0.2) is 22.4 Å². The number of ether oxygens (including phenoxy) is 1. The van der Waals surface area contributed by atoms with E-state index in [0.717, 1.165) is 30.5 Å². The van der Waals surface area contributed by atoms with Crippen LogP contribution in [0.15, 0.2) is 53.1 Å². The van der Waals surface area contributed by atoms with Crippen molar-refractivity contribution in [2.45, 2.75) is 25.1 Å². The number of hydrogen-bond donors (Lipinski definition) is 1. The minimum atomic E-state index is -4.76. The molecular weight excluding hydrogens is 375 g/mol. The van der Waals surface area contributed by atoms with E-state index in [1.807, 2.05) is 0 Å². The topological polar surface area (TPSA) is 77.2 Å². The Balaban J connectivity index is 1.40. The van der Waals surface area contributed by atoms with Crippen LogP contribution in [0.25, 0.3) is 11.4 Å². The average molecular weight is 389 g/mol. The highest BCUT2D eigenvalue weighted by molar-refractivity contribution is 6.04. The Kier molecular flexibility index (Phi) is 4.50. The average Bonchev–Trinajstić information content (AvgIpc) is 3.39. The molecule has 0 spiro atoms. The number of nitrogens with zero attached hydrogens (tertiary/aromatic N) is 2. The third-order valence-electron chi connectivity index (χ3n) is 4.12. The van der Waals surface area contributed by atoms with Gasteiger partial charge < -0.3 is 14.6 Å². The first kappa shape index (κ1) is 18.0. The van der Waals surface area contributed by atoms with Gasteiger partial charge in [-0.1, -0.05) is 17.3 Å². The van der Waals surface area contributed by atoms with Crippen LogP contribution in [0.5, 0.6) is 5.75 Å². The fraction of sp³-hybridized carbons (Fsp3) is 0.211. The van der Waals surface area contributed by atoms with Gasteiger partial charge in [-0.05, 0) is 49.2 Å². The number of amides is 1. The molecule has 1 aromatic heterocycles. The second-order valence-corrected chi connectivity index (χ2v) is 6.33. The van der Waals surface area contributed by atoms with E-state index in [-0.39, 0.29) is 5.75 Å². The van der Waals surface area contributed by atoms with Crippen molar-refractivity contribution in [3.8, 4) is 17.1 Å². The lowest BCUT2D eigenvalue weighted by Crippen LogP contribution is -2.17. The number of nitrogens with one attached hydrogen (secondary N) is 1. The number of aromatic nitrogens is 2. The number of rotatable bonds is 5. The van der Waals surface area contributed by atoms with Gasteiger partial charge in [-0.2, -0.15) is 4.98 Å². The molecule has 4 rings (SSSR count). The molecule has 28 heavy (non-hydrogen) atoms. The van der Waals surface area contributed by atoms with Crippen LogP contribution in [0.1, 0.15) is 35.0 Å². The molecular formula is C19H14F3N3O3. The summed E-state index contributed by atoms with van der Waals surface area (Å²) in [6.07, 6.45) is -2.64. The third kappa shape index (κ3) is 4.30. The Morgan fingerprint density at radius 3 is 2.36 bits per heavy atom. The molecule has 1 heterocycles. The second-order valence-electron chi connectivity index (χ2n) is 6.33. The lowest BCUT2D eigenvalue weighted by Gasteiger charge is -2.10. The summed E-state index contributed by atoms with van der Waals surface area (Å²) in [5.74, 6) is 0.700. The molecule has 0 unspecified atom stereocenters. The van der Waals surface area contributed by atoms with Gasteiger partial charge in [0.1, 0.15) is 5.75 Å². The van der Waals surface area contributed by atoms with Gasteiger partial charge in [-0.15, -0.1) is 13.2 Å². The van der Waals surface area contributed by atoms with E-state index in [2.05, 4.69) is 20.2 Å². The zero-order chi connectivity index (χ0) is 19.7. The second kappa shape index (κ2) is 6.99. The first-order chi connectivity index (χ1) is 13.4.